The van der Waals surface area contributed by atoms with Crippen molar-refractivity contribution in [3.63, 3.8) is 0 Å². The van der Waals surface area contributed by atoms with Gasteiger partial charge in [0.15, 0.2) is 0 Å². The Hall–Kier alpha value is -2.37. The summed E-state index contributed by atoms with van der Waals surface area (Å²) in [6, 6.07) is 8.38. The molecule has 5 nitrogen and oxygen atoms in total. The molecule has 122 valence electrons. The number of halogens is 1. The second-order valence-electron chi connectivity index (χ2n) is 5.74. The summed E-state index contributed by atoms with van der Waals surface area (Å²) in [6.07, 6.45) is 1.75. The van der Waals surface area contributed by atoms with E-state index in [0.717, 1.165) is 18.5 Å². The average molecular weight is 316 g/mol. The third-order valence-corrected chi connectivity index (χ3v) is 4.06. The van der Waals surface area contributed by atoms with E-state index < -0.39 is 0 Å². The standard InChI is InChI=1S/C17H21FN4O/c1-2-5-13-12-16(23)20-17(19-13)22-10-8-21(9-11-22)15-7-4-3-6-14(15)18/h3-4,6-7,12H,2,5,8-11H2,1H3,(H,19,20,23). The predicted octanol–water partition coefficient (Wildman–Crippen LogP) is 2.19. The molecule has 0 spiro atoms. The molecule has 1 fully saturated rings. The summed E-state index contributed by atoms with van der Waals surface area (Å²) in [5.74, 6) is 0.423. The van der Waals surface area contributed by atoms with Crippen LogP contribution in [-0.4, -0.2) is 36.1 Å². The van der Waals surface area contributed by atoms with Gasteiger partial charge in [0.2, 0.25) is 5.95 Å². The molecule has 0 unspecified atom stereocenters. The van der Waals surface area contributed by atoms with Crippen molar-refractivity contribution in [2.24, 2.45) is 0 Å². The van der Waals surface area contributed by atoms with Crippen molar-refractivity contribution < 1.29 is 4.39 Å². The van der Waals surface area contributed by atoms with E-state index in [0.29, 0.717) is 37.8 Å². The second kappa shape index (κ2) is 6.81. The van der Waals surface area contributed by atoms with Crippen molar-refractivity contribution in [3.8, 4) is 0 Å². The molecule has 0 amide bonds. The van der Waals surface area contributed by atoms with Gasteiger partial charge in [0.05, 0.1) is 5.69 Å². The molecule has 3 rings (SSSR count). The first-order valence-corrected chi connectivity index (χ1v) is 8.02. The summed E-state index contributed by atoms with van der Waals surface area (Å²) in [6.45, 7) is 4.86. The average Bonchev–Trinajstić information content (AvgIpc) is 2.55. The number of benzene rings is 1. The van der Waals surface area contributed by atoms with Crippen LogP contribution in [0.1, 0.15) is 19.0 Å². The monoisotopic (exact) mass is 316 g/mol. The maximum Gasteiger partial charge on any atom is 0.252 e. The Morgan fingerprint density at radius 1 is 1.17 bits per heavy atom. The number of H-pyrrole nitrogens is 1. The van der Waals surface area contributed by atoms with Gasteiger partial charge in [-0.3, -0.25) is 9.78 Å². The van der Waals surface area contributed by atoms with Gasteiger partial charge in [0, 0.05) is 37.9 Å². The SMILES string of the molecule is CCCc1cc(=O)[nH]c(N2CCN(c3ccccc3F)CC2)n1. The number of aromatic nitrogens is 2. The van der Waals surface area contributed by atoms with Crippen LogP contribution < -0.4 is 15.4 Å². The lowest BCUT2D eigenvalue weighted by atomic mass is 10.2. The summed E-state index contributed by atoms with van der Waals surface area (Å²) in [7, 11) is 0. The highest BCUT2D eigenvalue weighted by Gasteiger charge is 2.21. The first-order valence-electron chi connectivity index (χ1n) is 8.02. The van der Waals surface area contributed by atoms with E-state index in [4.69, 9.17) is 0 Å². The Morgan fingerprint density at radius 2 is 1.87 bits per heavy atom. The predicted molar refractivity (Wildman–Crippen MR) is 89.7 cm³/mol. The number of nitrogens with zero attached hydrogens (tertiary/aromatic N) is 3. The third kappa shape index (κ3) is 3.52. The van der Waals surface area contributed by atoms with Crippen molar-refractivity contribution in [2.75, 3.05) is 36.0 Å². The number of rotatable bonds is 4. The van der Waals surface area contributed by atoms with Gasteiger partial charge in [-0.2, -0.15) is 0 Å². The number of piperazine rings is 1. The van der Waals surface area contributed by atoms with E-state index in [1.54, 1.807) is 18.2 Å². The number of aryl methyl sites for hydroxylation is 1. The zero-order chi connectivity index (χ0) is 16.2. The lowest BCUT2D eigenvalue weighted by Gasteiger charge is -2.36. The molecule has 1 aliphatic rings. The summed E-state index contributed by atoms with van der Waals surface area (Å²) < 4.78 is 13.9. The molecular formula is C17H21FN4O. The fourth-order valence-corrected chi connectivity index (χ4v) is 2.90. The van der Waals surface area contributed by atoms with Gasteiger partial charge < -0.3 is 9.80 Å². The molecule has 0 bridgehead atoms. The van der Waals surface area contributed by atoms with Crippen molar-refractivity contribution in [1.82, 2.24) is 9.97 Å². The molecule has 1 aromatic heterocycles. The molecule has 1 N–H and O–H groups in total. The molecule has 6 heteroatoms. The third-order valence-electron chi connectivity index (χ3n) is 4.06. The van der Waals surface area contributed by atoms with Crippen LogP contribution >= 0.6 is 0 Å². The zero-order valence-corrected chi connectivity index (χ0v) is 13.3. The lowest BCUT2D eigenvalue weighted by Crippen LogP contribution is -2.47. The minimum atomic E-state index is -0.197. The first kappa shape index (κ1) is 15.5. The molecule has 1 aliphatic heterocycles. The van der Waals surface area contributed by atoms with E-state index in [2.05, 4.69) is 21.8 Å². The Labute approximate surface area is 134 Å². The summed E-state index contributed by atoms with van der Waals surface area (Å²) in [5, 5.41) is 0. The Balaban J connectivity index is 1.72. The summed E-state index contributed by atoms with van der Waals surface area (Å²) >= 11 is 0. The van der Waals surface area contributed by atoms with Crippen molar-refractivity contribution >= 4 is 11.6 Å². The number of hydrogen-bond acceptors (Lipinski definition) is 4. The number of para-hydroxylation sites is 1. The quantitative estimate of drug-likeness (QED) is 0.939. The fourth-order valence-electron chi connectivity index (χ4n) is 2.90. The fraction of sp³-hybridized carbons (Fsp3) is 0.412. The normalized spacial score (nSPS) is 15.0. The number of anilines is 2. The molecule has 2 aromatic rings. The summed E-state index contributed by atoms with van der Waals surface area (Å²) in [5.41, 5.74) is 1.34. The van der Waals surface area contributed by atoms with Gasteiger partial charge in [0.1, 0.15) is 5.82 Å². The van der Waals surface area contributed by atoms with Crippen molar-refractivity contribution in [2.45, 2.75) is 19.8 Å². The maximum atomic E-state index is 13.9. The van der Waals surface area contributed by atoms with E-state index in [-0.39, 0.29) is 11.4 Å². The van der Waals surface area contributed by atoms with Crippen LogP contribution in [0.2, 0.25) is 0 Å². The second-order valence-corrected chi connectivity index (χ2v) is 5.74. The van der Waals surface area contributed by atoms with Crippen molar-refractivity contribution in [3.05, 3.63) is 52.2 Å². The minimum Gasteiger partial charge on any atom is -0.366 e. The highest BCUT2D eigenvalue weighted by atomic mass is 19.1. The Kier molecular flexibility index (Phi) is 4.60. The molecular weight excluding hydrogens is 295 g/mol. The van der Waals surface area contributed by atoms with Crippen LogP contribution in [0, 0.1) is 5.82 Å². The van der Waals surface area contributed by atoms with Gasteiger partial charge in [-0.05, 0) is 18.6 Å². The molecule has 0 atom stereocenters. The highest BCUT2D eigenvalue weighted by Crippen LogP contribution is 2.21. The number of nitrogens with one attached hydrogen (secondary N) is 1. The maximum absolute atomic E-state index is 13.9. The smallest absolute Gasteiger partial charge is 0.252 e. The topological polar surface area (TPSA) is 52.2 Å². The van der Waals surface area contributed by atoms with Crippen LogP contribution in [0.4, 0.5) is 16.0 Å². The van der Waals surface area contributed by atoms with Gasteiger partial charge in [-0.1, -0.05) is 25.5 Å². The first-order chi connectivity index (χ1) is 11.2. The highest BCUT2D eigenvalue weighted by molar-refractivity contribution is 5.49. The molecule has 1 saturated heterocycles. The molecule has 0 saturated carbocycles. The summed E-state index contributed by atoms with van der Waals surface area (Å²) in [4.78, 5) is 23.2. The van der Waals surface area contributed by atoms with Crippen molar-refractivity contribution in [1.29, 1.82) is 0 Å². The van der Waals surface area contributed by atoms with Crippen LogP contribution in [0.5, 0.6) is 0 Å². The molecule has 0 radical (unpaired) electrons. The van der Waals surface area contributed by atoms with E-state index >= 15 is 0 Å². The van der Waals surface area contributed by atoms with E-state index in [9.17, 15) is 9.18 Å². The number of aromatic amines is 1. The minimum absolute atomic E-state index is 0.116. The molecule has 1 aromatic carbocycles. The Morgan fingerprint density at radius 3 is 2.57 bits per heavy atom. The van der Waals surface area contributed by atoms with Gasteiger partial charge in [0.25, 0.3) is 5.56 Å². The largest absolute Gasteiger partial charge is 0.366 e. The number of hydrogen-bond donors (Lipinski definition) is 1. The lowest BCUT2D eigenvalue weighted by molar-refractivity contribution is 0.593. The Bertz CT molecular complexity index is 723. The zero-order valence-electron chi connectivity index (χ0n) is 13.3. The van der Waals surface area contributed by atoms with Crippen LogP contribution in [0.15, 0.2) is 35.1 Å². The van der Waals surface area contributed by atoms with E-state index in [1.807, 2.05) is 11.0 Å². The molecule has 23 heavy (non-hydrogen) atoms. The van der Waals surface area contributed by atoms with Crippen LogP contribution in [0.3, 0.4) is 0 Å². The van der Waals surface area contributed by atoms with E-state index in [1.165, 1.54) is 6.07 Å². The molecule has 2 heterocycles. The van der Waals surface area contributed by atoms with Gasteiger partial charge >= 0.3 is 0 Å². The van der Waals surface area contributed by atoms with Gasteiger partial charge in [-0.15, -0.1) is 0 Å². The van der Waals surface area contributed by atoms with Gasteiger partial charge in [-0.25, -0.2) is 9.37 Å². The van der Waals surface area contributed by atoms with Crippen LogP contribution in [0.25, 0.3) is 0 Å². The van der Waals surface area contributed by atoms with Crippen LogP contribution in [-0.2, 0) is 6.42 Å². The molecule has 0 aliphatic carbocycles.